The van der Waals surface area contributed by atoms with E-state index in [2.05, 4.69) is 26.6 Å². The maximum absolute atomic E-state index is 6.09. The van der Waals surface area contributed by atoms with Crippen LogP contribution in [0.5, 0.6) is 0 Å². The number of thiophene rings is 1. The molecular formula is C18H22ClN5OS. The summed E-state index contributed by atoms with van der Waals surface area (Å²) in [6, 6.07) is 8.01. The topological polar surface area (TPSA) is 58.6 Å². The van der Waals surface area contributed by atoms with Gasteiger partial charge < -0.3 is 19.2 Å². The number of halogens is 1. The number of guanidine groups is 1. The zero-order chi connectivity index (χ0) is 18.4. The molecule has 26 heavy (non-hydrogen) atoms. The van der Waals surface area contributed by atoms with E-state index in [0.717, 1.165) is 30.5 Å². The lowest BCUT2D eigenvalue weighted by molar-refractivity contribution is 0.449. The van der Waals surface area contributed by atoms with Crippen molar-refractivity contribution >= 4 is 28.9 Å². The van der Waals surface area contributed by atoms with Crippen LogP contribution in [0, 0.1) is 0 Å². The van der Waals surface area contributed by atoms with Gasteiger partial charge in [0, 0.05) is 31.9 Å². The Balaban J connectivity index is 1.66. The third-order valence-corrected chi connectivity index (χ3v) is 5.18. The van der Waals surface area contributed by atoms with Gasteiger partial charge in [-0.3, -0.25) is 0 Å². The Morgan fingerprint density at radius 3 is 2.96 bits per heavy atom. The van der Waals surface area contributed by atoms with Gasteiger partial charge in [-0.2, -0.15) is 0 Å². The zero-order valence-electron chi connectivity index (χ0n) is 14.9. The van der Waals surface area contributed by atoms with Crippen molar-refractivity contribution in [2.75, 3.05) is 13.6 Å². The van der Waals surface area contributed by atoms with Gasteiger partial charge in [-0.15, -0.1) is 11.3 Å². The van der Waals surface area contributed by atoms with Crippen molar-refractivity contribution in [3.8, 4) is 0 Å². The van der Waals surface area contributed by atoms with Gasteiger partial charge in [0.15, 0.2) is 5.96 Å². The number of hydrogen-bond donors (Lipinski definition) is 1. The second-order valence-electron chi connectivity index (χ2n) is 5.89. The molecule has 0 fully saturated rings. The van der Waals surface area contributed by atoms with E-state index in [-0.39, 0.29) is 0 Å². The quantitative estimate of drug-likeness (QED) is 0.494. The fraction of sp³-hybridized carbons (Fsp3) is 0.333. The average molecular weight is 392 g/mol. The molecule has 0 amide bonds. The van der Waals surface area contributed by atoms with Crippen molar-refractivity contribution in [1.29, 1.82) is 0 Å². The second-order valence-corrected chi connectivity index (χ2v) is 7.31. The Morgan fingerprint density at radius 1 is 1.42 bits per heavy atom. The first-order chi connectivity index (χ1) is 12.6. The average Bonchev–Trinajstić information content (AvgIpc) is 3.38. The van der Waals surface area contributed by atoms with Gasteiger partial charge in [-0.1, -0.05) is 17.7 Å². The molecule has 8 heteroatoms. The summed E-state index contributed by atoms with van der Waals surface area (Å²) in [4.78, 5) is 12.4. The van der Waals surface area contributed by atoms with Crippen LogP contribution in [-0.4, -0.2) is 34.0 Å². The summed E-state index contributed by atoms with van der Waals surface area (Å²) in [6.45, 7) is 2.00. The Kier molecular flexibility index (Phi) is 6.35. The third-order valence-electron chi connectivity index (χ3n) is 3.97. The fourth-order valence-electron chi connectivity index (χ4n) is 2.48. The lowest BCUT2D eigenvalue weighted by atomic mass is 10.3. The molecule has 6 nitrogen and oxygen atoms in total. The van der Waals surface area contributed by atoms with Gasteiger partial charge in [-0.05, 0) is 23.6 Å². The molecule has 0 saturated heterocycles. The van der Waals surface area contributed by atoms with Gasteiger partial charge in [0.1, 0.15) is 16.7 Å². The van der Waals surface area contributed by atoms with Crippen molar-refractivity contribution in [2.24, 2.45) is 12.0 Å². The summed E-state index contributed by atoms with van der Waals surface area (Å²) in [5.74, 6) is 2.66. The molecule has 0 aliphatic carbocycles. The molecule has 1 N–H and O–H groups in total. The normalized spacial score (nSPS) is 11.7. The highest BCUT2D eigenvalue weighted by molar-refractivity contribution is 7.09. The molecule has 3 aromatic heterocycles. The molecule has 0 aliphatic heterocycles. The van der Waals surface area contributed by atoms with Gasteiger partial charge in [0.2, 0.25) is 0 Å². The van der Waals surface area contributed by atoms with Gasteiger partial charge in [0.25, 0.3) is 0 Å². The number of nitrogens with one attached hydrogen (secondary N) is 1. The van der Waals surface area contributed by atoms with Crippen molar-refractivity contribution in [1.82, 2.24) is 19.8 Å². The smallest absolute Gasteiger partial charge is 0.194 e. The van der Waals surface area contributed by atoms with Crippen LogP contribution in [0.4, 0.5) is 0 Å². The molecular weight excluding hydrogens is 370 g/mol. The summed E-state index contributed by atoms with van der Waals surface area (Å²) in [5, 5.41) is 6.10. The lowest BCUT2D eigenvalue weighted by Crippen LogP contribution is -2.40. The summed E-state index contributed by atoms with van der Waals surface area (Å²) >= 11 is 7.79. The molecule has 3 rings (SSSR count). The number of furan rings is 1. The van der Waals surface area contributed by atoms with E-state index in [1.54, 1.807) is 23.8 Å². The second kappa shape index (κ2) is 8.91. The minimum Gasteiger partial charge on any atom is -0.469 e. The van der Waals surface area contributed by atoms with E-state index < -0.39 is 0 Å². The largest absolute Gasteiger partial charge is 0.469 e. The van der Waals surface area contributed by atoms with E-state index >= 15 is 0 Å². The van der Waals surface area contributed by atoms with Crippen LogP contribution < -0.4 is 5.32 Å². The summed E-state index contributed by atoms with van der Waals surface area (Å²) in [5.41, 5.74) is 0. The summed E-state index contributed by atoms with van der Waals surface area (Å²) in [7, 11) is 3.90. The van der Waals surface area contributed by atoms with E-state index in [0.29, 0.717) is 18.2 Å². The Hall–Kier alpha value is -2.25. The molecule has 3 aromatic rings. The molecule has 0 spiro atoms. The number of hydrogen-bond acceptors (Lipinski definition) is 4. The van der Waals surface area contributed by atoms with Crippen LogP contribution in [0.2, 0.25) is 5.15 Å². The summed E-state index contributed by atoms with van der Waals surface area (Å²) < 4.78 is 7.26. The highest BCUT2D eigenvalue weighted by atomic mass is 35.5. The number of nitrogens with zero attached hydrogens (tertiary/aromatic N) is 4. The van der Waals surface area contributed by atoms with Gasteiger partial charge in [0.05, 0.1) is 25.5 Å². The Labute approximate surface area is 162 Å². The van der Waals surface area contributed by atoms with Crippen LogP contribution >= 0.6 is 22.9 Å². The number of aliphatic imine (C=N–C) groups is 1. The predicted molar refractivity (Wildman–Crippen MR) is 106 cm³/mol. The van der Waals surface area contributed by atoms with Crippen molar-refractivity contribution in [3.05, 3.63) is 63.7 Å². The van der Waals surface area contributed by atoms with Crippen LogP contribution in [0.3, 0.4) is 0 Å². The molecule has 0 saturated carbocycles. The number of imidazole rings is 1. The summed E-state index contributed by atoms with van der Waals surface area (Å²) in [6.07, 6.45) is 4.16. The standard InChI is InChI=1S/C18H22ClN5OS/c1-23(13-17-21-12-16(19)24(17)2)18(22-11-15-6-4-10-26-15)20-8-7-14-5-3-9-25-14/h3-6,9-10,12H,7-8,11,13H2,1-2H3,(H,20,22). The third kappa shape index (κ3) is 4.89. The molecule has 0 radical (unpaired) electrons. The van der Waals surface area contributed by atoms with Crippen LogP contribution in [0.1, 0.15) is 16.5 Å². The minimum atomic E-state index is 0.611. The molecule has 0 unspecified atom stereocenters. The molecule has 3 heterocycles. The van der Waals surface area contributed by atoms with E-state index in [9.17, 15) is 0 Å². The van der Waals surface area contributed by atoms with Gasteiger partial charge in [-0.25, -0.2) is 9.98 Å². The maximum Gasteiger partial charge on any atom is 0.194 e. The maximum atomic E-state index is 6.09. The van der Waals surface area contributed by atoms with Crippen molar-refractivity contribution in [3.63, 3.8) is 0 Å². The van der Waals surface area contributed by atoms with Crippen LogP contribution in [0.25, 0.3) is 0 Å². The molecule has 138 valence electrons. The number of rotatable bonds is 7. The lowest BCUT2D eigenvalue weighted by Gasteiger charge is -2.22. The first kappa shape index (κ1) is 18.5. The monoisotopic (exact) mass is 391 g/mol. The van der Waals surface area contributed by atoms with E-state index in [1.807, 2.05) is 36.9 Å². The van der Waals surface area contributed by atoms with Crippen molar-refractivity contribution < 1.29 is 4.42 Å². The Bertz CT molecular complexity index is 826. The SMILES string of the molecule is CN(Cc1ncc(Cl)n1C)C(=NCc1cccs1)NCCc1ccco1. The molecule has 0 aliphatic rings. The first-order valence-corrected chi connectivity index (χ1v) is 9.59. The number of aromatic nitrogens is 2. The highest BCUT2D eigenvalue weighted by Gasteiger charge is 2.12. The van der Waals surface area contributed by atoms with Crippen LogP contribution in [-0.2, 0) is 26.6 Å². The van der Waals surface area contributed by atoms with Gasteiger partial charge >= 0.3 is 0 Å². The molecule has 0 bridgehead atoms. The predicted octanol–water partition coefficient (Wildman–Crippen LogP) is 3.55. The van der Waals surface area contributed by atoms with Crippen LogP contribution in [0.15, 0.2) is 51.5 Å². The van der Waals surface area contributed by atoms with E-state index in [4.69, 9.17) is 21.0 Å². The zero-order valence-corrected chi connectivity index (χ0v) is 16.4. The Morgan fingerprint density at radius 2 is 2.31 bits per heavy atom. The fourth-order valence-corrected chi connectivity index (χ4v) is 3.25. The highest BCUT2D eigenvalue weighted by Crippen LogP contribution is 2.12. The minimum absolute atomic E-state index is 0.611. The van der Waals surface area contributed by atoms with Crippen molar-refractivity contribution in [2.45, 2.75) is 19.5 Å². The molecule has 0 atom stereocenters. The first-order valence-electron chi connectivity index (χ1n) is 8.34. The molecule has 0 aromatic carbocycles. The van der Waals surface area contributed by atoms with E-state index in [1.165, 1.54) is 4.88 Å².